The van der Waals surface area contributed by atoms with Gasteiger partial charge in [-0.3, -0.25) is 4.79 Å². The van der Waals surface area contributed by atoms with Crippen LogP contribution in [0.2, 0.25) is 0 Å². The van der Waals surface area contributed by atoms with Gasteiger partial charge in [0.1, 0.15) is 0 Å². The van der Waals surface area contributed by atoms with E-state index in [0.29, 0.717) is 0 Å². The predicted molar refractivity (Wildman–Crippen MR) is 85.9 cm³/mol. The quantitative estimate of drug-likeness (QED) is 0.846. The molecule has 2 unspecified atom stereocenters. The Hall–Kier alpha value is -1.55. The van der Waals surface area contributed by atoms with Crippen LogP contribution >= 0.6 is 0 Å². The molecule has 1 aromatic rings. The van der Waals surface area contributed by atoms with Gasteiger partial charge in [-0.15, -0.1) is 0 Å². The predicted octanol–water partition coefficient (Wildman–Crippen LogP) is 3.11. The monoisotopic (exact) mass is 290 g/mol. The molecule has 1 saturated carbocycles. The Morgan fingerprint density at radius 1 is 1.38 bits per heavy atom. The van der Waals surface area contributed by atoms with Gasteiger partial charge in [0, 0.05) is 19.3 Å². The van der Waals surface area contributed by atoms with E-state index >= 15 is 0 Å². The van der Waals surface area contributed by atoms with Gasteiger partial charge < -0.3 is 15.4 Å². The molecule has 116 valence electrons. The second-order valence-corrected chi connectivity index (χ2v) is 5.76. The summed E-state index contributed by atoms with van der Waals surface area (Å²) in [5, 5.41) is 6.47. The molecule has 0 bridgehead atoms. The molecule has 0 spiro atoms. The fourth-order valence-electron chi connectivity index (χ4n) is 2.88. The van der Waals surface area contributed by atoms with Crippen molar-refractivity contribution >= 4 is 11.6 Å². The van der Waals surface area contributed by atoms with Crippen molar-refractivity contribution in [1.29, 1.82) is 0 Å². The number of benzene rings is 1. The Morgan fingerprint density at radius 3 is 2.90 bits per heavy atom. The highest BCUT2D eigenvalue weighted by molar-refractivity contribution is 6.00. The van der Waals surface area contributed by atoms with Crippen LogP contribution < -0.4 is 10.6 Å². The molecule has 1 aliphatic rings. The van der Waals surface area contributed by atoms with Gasteiger partial charge in [0.15, 0.2) is 0 Å². The van der Waals surface area contributed by atoms with Gasteiger partial charge in [-0.05, 0) is 50.3 Å². The second-order valence-electron chi connectivity index (χ2n) is 5.76. The topological polar surface area (TPSA) is 50.4 Å². The molecule has 2 atom stereocenters. The van der Waals surface area contributed by atoms with Crippen molar-refractivity contribution < 1.29 is 9.53 Å². The molecule has 21 heavy (non-hydrogen) atoms. The largest absolute Gasteiger partial charge is 0.384 e. The summed E-state index contributed by atoms with van der Waals surface area (Å²) in [5.41, 5.74) is 2.79. The lowest BCUT2D eigenvalue weighted by Crippen LogP contribution is -2.40. The molecule has 0 aromatic heterocycles. The summed E-state index contributed by atoms with van der Waals surface area (Å²) in [7, 11) is 1.72. The first-order chi connectivity index (χ1) is 10.2. The molecule has 0 saturated heterocycles. The van der Waals surface area contributed by atoms with Crippen LogP contribution in [0.25, 0.3) is 0 Å². The smallest absolute Gasteiger partial charge is 0.253 e. The van der Waals surface area contributed by atoms with Crippen LogP contribution in [0.4, 0.5) is 5.69 Å². The summed E-state index contributed by atoms with van der Waals surface area (Å²) in [5.74, 6) is -0.0115. The first kappa shape index (κ1) is 15.8. The van der Waals surface area contributed by atoms with Gasteiger partial charge in [-0.25, -0.2) is 0 Å². The van der Waals surface area contributed by atoms with Gasteiger partial charge in [-0.1, -0.05) is 13.0 Å². The van der Waals surface area contributed by atoms with Crippen LogP contribution in [0.5, 0.6) is 0 Å². The van der Waals surface area contributed by atoms with Gasteiger partial charge >= 0.3 is 0 Å². The van der Waals surface area contributed by atoms with Crippen molar-refractivity contribution in [2.45, 2.75) is 51.7 Å². The van der Waals surface area contributed by atoms with Gasteiger partial charge in [0.25, 0.3) is 5.91 Å². The standard InChI is InChI=1S/C17H26N2O2/c1-4-10-18-15-11-12(2)8-9-13(15)17(20)19-14-6-5-7-16(14)21-3/h8-9,11,14,16,18H,4-7,10H2,1-3H3,(H,19,20). The fourth-order valence-corrected chi connectivity index (χ4v) is 2.88. The number of rotatable bonds is 6. The molecule has 1 aromatic carbocycles. The van der Waals surface area contributed by atoms with Crippen LogP contribution in [0.1, 0.15) is 48.5 Å². The maximum absolute atomic E-state index is 12.6. The average molecular weight is 290 g/mol. The number of nitrogens with one attached hydrogen (secondary N) is 2. The van der Waals surface area contributed by atoms with Crippen molar-refractivity contribution in [3.63, 3.8) is 0 Å². The van der Waals surface area contributed by atoms with Crippen molar-refractivity contribution in [1.82, 2.24) is 5.32 Å². The van der Waals surface area contributed by atoms with Crippen molar-refractivity contribution in [3.8, 4) is 0 Å². The summed E-state index contributed by atoms with van der Waals surface area (Å²) >= 11 is 0. The number of amides is 1. The fraction of sp³-hybridized carbons (Fsp3) is 0.588. The number of hydrogen-bond acceptors (Lipinski definition) is 3. The van der Waals surface area contributed by atoms with E-state index in [1.54, 1.807) is 7.11 Å². The number of carbonyl (C=O) groups excluding carboxylic acids is 1. The van der Waals surface area contributed by atoms with E-state index in [2.05, 4.69) is 17.6 Å². The van der Waals surface area contributed by atoms with E-state index in [9.17, 15) is 4.79 Å². The Morgan fingerprint density at radius 2 is 2.19 bits per heavy atom. The van der Waals surface area contributed by atoms with Crippen LogP contribution in [-0.4, -0.2) is 31.7 Å². The normalized spacial score (nSPS) is 21.3. The molecule has 0 aliphatic heterocycles. The minimum Gasteiger partial charge on any atom is -0.384 e. The second kappa shape index (κ2) is 7.46. The lowest BCUT2D eigenvalue weighted by atomic mass is 10.1. The third-order valence-corrected chi connectivity index (χ3v) is 4.06. The van der Waals surface area contributed by atoms with E-state index in [-0.39, 0.29) is 18.1 Å². The Kier molecular flexibility index (Phi) is 5.62. The van der Waals surface area contributed by atoms with E-state index in [0.717, 1.165) is 49.0 Å². The van der Waals surface area contributed by atoms with E-state index in [4.69, 9.17) is 4.74 Å². The Bertz CT molecular complexity index is 488. The zero-order chi connectivity index (χ0) is 15.2. The van der Waals surface area contributed by atoms with E-state index < -0.39 is 0 Å². The van der Waals surface area contributed by atoms with Crippen LogP contribution in [0.15, 0.2) is 18.2 Å². The van der Waals surface area contributed by atoms with Crippen LogP contribution in [0.3, 0.4) is 0 Å². The zero-order valence-electron chi connectivity index (χ0n) is 13.2. The molecule has 4 heteroatoms. The zero-order valence-corrected chi connectivity index (χ0v) is 13.2. The minimum atomic E-state index is -0.0115. The highest BCUT2D eigenvalue weighted by Crippen LogP contribution is 2.23. The third-order valence-electron chi connectivity index (χ3n) is 4.06. The molecular formula is C17H26N2O2. The lowest BCUT2D eigenvalue weighted by Gasteiger charge is -2.21. The maximum Gasteiger partial charge on any atom is 0.253 e. The molecule has 2 rings (SSSR count). The van der Waals surface area contributed by atoms with Crippen molar-refractivity contribution in [3.05, 3.63) is 29.3 Å². The third kappa shape index (κ3) is 3.97. The number of aryl methyl sites for hydroxylation is 1. The van der Waals surface area contributed by atoms with Crippen molar-refractivity contribution in [2.75, 3.05) is 19.0 Å². The van der Waals surface area contributed by atoms with E-state index in [1.807, 2.05) is 25.1 Å². The summed E-state index contributed by atoms with van der Waals surface area (Å²) in [6, 6.07) is 6.05. The number of methoxy groups -OCH3 is 1. The SMILES string of the molecule is CCCNc1cc(C)ccc1C(=O)NC1CCCC1OC. The van der Waals surface area contributed by atoms with Gasteiger partial charge in [0.05, 0.1) is 17.7 Å². The first-order valence-electron chi connectivity index (χ1n) is 7.84. The molecular weight excluding hydrogens is 264 g/mol. The summed E-state index contributed by atoms with van der Waals surface area (Å²) in [4.78, 5) is 12.6. The van der Waals surface area contributed by atoms with E-state index in [1.165, 1.54) is 0 Å². The summed E-state index contributed by atoms with van der Waals surface area (Å²) < 4.78 is 5.44. The number of anilines is 1. The van der Waals surface area contributed by atoms with Gasteiger partial charge in [0.2, 0.25) is 0 Å². The highest BCUT2D eigenvalue weighted by Gasteiger charge is 2.29. The molecule has 1 fully saturated rings. The molecule has 1 amide bonds. The van der Waals surface area contributed by atoms with Crippen molar-refractivity contribution in [2.24, 2.45) is 0 Å². The number of carbonyl (C=O) groups is 1. The molecule has 0 heterocycles. The molecule has 2 N–H and O–H groups in total. The highest BCUT2D eigenvalue weighted by atomic mass is 16.5. The number of ether oxygens (including phenoxy) is 1. The first-order valence-corrected chi connectivity index (χ1v) is 7.84. The summed E-state index contributed by atoms with van der Waals surface area (Å²) in [6.07, 6.45) is 4.30. The van der Waals surface area contributed by atoms with Gasteiger partial charge in [-0.2, -0.15) is 0 Å². The lowest BCUT2D eigenvalue weighted by molar-refractivity contribution is 0.0722. The Labute approximate surface area is 127 Å². The molecule has 4 nitrogen and oxygen atoms in total. The van der Waals surface area contributed by atoms with Crippen LogP contribution in [0, 0.1) is 6.92 Å². The molecule has 1 aliphatic carbocycles. The average Bonchev–Trinajstić information content (AvgIpc) is 2.92. The molecule has 0 radical (unpaired) electrons. The number of hydrogen-bond donors (Lipinski definition) is 2. The summed E-state index contributed by atoms with van der Waals surface area (Å²) in [6.45, 7) is 5.02. The maximum atomic E-state index is 12.6. The Balaban J connectivity index is 2.10. The van der Waals surface area contributed by atoms with Crippen LogP contribution in [-0.2, 0) is 4.74 Å². The minimum absolute atomic E-state index is 0.0115.